The third kappa shape index (κ3) is 3.02. The number of aromatic nitrogens is 1. The Hall–Kier alpha value is -2.02. The van der Waals surface area contributed by atoms with Gasteiger partial charge in [-0.15, -0.1) is 11.3 Å². The summed E-state index contributed by atoms with van der Waals surface area (Å²) in [6, 6.07) is 3.29. The Bertz CT molecular complexity index is 675. The van der Waals surface area contributed by atoms with Crippen LogP contribution in [0.2, 0.25) is 0 Å². The molecule has 0 saturated carbocycles. The number of thiazole rings is 1. The lowest BCUT2D eigenvalue weighted by Gasteiger charge is -2.10. The fourth-order valence-electron chi connectivity index (χ4n) is 2.10. The Labute approximate surface area is 124 Å². The molecule has 0 spiro atoms. The van der Waals surface area contributed by atoms with Crippen LogP contribution in [0.25, 0.3) is 11.3 Å². The summed E-state index contributed by atoms with van der Waals surface area (Å²) in [7, 11) is 0. The van der Waals surface area contributed by atoms with Crippen LogP contribution in [0.3, 0.4) is 0 Å². The number of cyclic esters (lactones) is 1. The fraction of sp³-hybridized carbons (Fsp3) is 0.286. The van der Waals surface area contributed by atoms with E-state index in [9.17, 15) is 13.6 Å². The lowest BCUT2D eigenvalue weighted by atomic mass is 10.1. The van der Waals surface area contributed by atoms with E-state index in [0.717, 1.165) is 23.2 Å². The number of nitrogens with zero attached hydrogens (tertiary/aromatic N) is 2. The fourth-order valence-corrected chi connectivity index (χ4v) is 2.89. The van der Waals surface area contributed by atoms with Crippen LogP contribution in [0.1, 0.15) is 5.01 Å². The topological polar surface area (TPSA) is 42.4 Å². The van der Waals surface area contributed by atoms with Gasteiger partial charge in [0, 0.05) is 23.9 Å². The van der Waals surface area contributed by atoms with Gasteiger partial charge in [0.05, 0.1) is 17.2 Å². The van der Waals surface area contributed by atoms with Crippen LogP contribution in [-0.4, -0.2) is 35.7 Å². The smallest absolute Gasteiger partial charge is 0.409 e. The molecule has 1 aromatic heterocycles. The number of halogens is 2. The SMILES string of the molecule is O=C1OCCN1CCc1nc(-c2cc(F)ccc2F)cs1. The van der Waals surface area contributed by atoms with E-state index < -0.39 is 11.6 Å². The first kappa shape index (κ1) is 13.9. The normalized spacial score (nSPS) is 14.6. The molecular weight excluding hydrogens is 298 g/mol. The number of amides is 1. The molecule has 2 aromatic rings. The summed E-state index contributed by atoms with van der Waals surface area (Å²) in [4.78, 5) is 17.2. The summed E-state index contributed by atoms with van der Waals surface area (Å²) in [5.41, 5.74) is 0.564. The van der Waals surface area contributed by atoms with Crippen molar-refractivity contribution in [2.75, 3.05) is 19.7 Å². The minimum atomic E-state index is -0.503. The van der Waals surface area contributed by atoms with Crippen LogP contribution in [-0.2, 0) is 11.2 Å². The zero-order valence-corrected chi connectivity index (χ0v) is 11.8. The Morgan fingerprint density at radius 2 is 2.24 bits per heavy atom. The van der Waals surface area contributed by atoms with Crippen molar-refractivity contribution in [3.63, 3.8) is 0 Å². The van der Waals surface area contributed by atoms with Crippen molar-refractivity contribution in [3.8, 4) is 11.3 Å². The molecule has 3 rings (SSSR count). The van der Waals surface area contributed by atoms with Crippen molar-refractivity contribution in [2.45, 2.75) is 6.42 Å². The van der Waals surface area contributed by atoms with E-state index in [4.69, 9.17) is 4.74 Å². The highest BCUT2D eigenvalue weighted by molar-refractivity contribution is 7.09. The molecule has 7 heteroatoms. The van der Waals surface area contributed by atoms with Gasteiger partial charge in [-0.3, -0.25) is 0 Å². The first-order valence-electron chi connectivity index (χ1n) is 6.45. The summed E-state index contributed by atoms with van der Waals surface area (Å²) in [6.45, 7) is 1.50. The third-order valence-electron chi connectivity index (χ3n) is 3.20. The summed E-state index contributed by atoms with van der Waals surface area (Å²) in [6.07, 6.45) is 0.249. The molecular formula is C14H12F2N2O2S. The van der Waals surface area contributed by atoms with Crippen molar-refractivity contribution in [3.05, 3.63) is 40.2 Å². The van der Waals surface area contributed by atoms with E-state index in [-0.39, 0.29) is 11.7 Å². The molecule has 1 saturated heterocycles. The molecule has 1 amide bonds. The number of ether oxygens (including phenoxy) is 1. The van der Waals surface area contributed by atoms with Crippen molar-refractivity contribution in [2.24, 2.45) is 0 Å². The highest BCUT2D eigenvalue weighted by atomic mass is 32.1. The van der Waals surface area contributed by atoms with E-state index in [1.165, 1.54) is 11.3 Å². The van der Waals surface area contributed by atoms with Crippen LogP contribution < -0.4 is 0 Å². The molecule has 0 aliphatic carbocycles. The average molecular weight is 310 g/mol. The van der Waals surface area contributed by atoms with Gasteiger partial charge in [0.2, 0.25) is 0 Å². The Balaban J connectivity index is 1.71. The first-order chi connectivity index (χ1) is 10.1. The highest BCUT2D eigenvalue weighted by Crippen LogP contribution is 2.25. The number of carbonyl (C=O) groups is 1. The number of benzene rings is 1. The van der Waals surface area contributed by atoms with Crippen LogP contribution in [0.15, 0.2) is 23.6 Å². The van der Waals surface area contributed by atoms with Crippen molar-refractivity contribution < 1.29 is 18.3 Å². The molecule has 0 radical (unpaired) electrons. The van der Waals surface area contributed by atoms with Crippen molar-refractivity contribution >= 4 is 17.4 Å². The molecule has 1 aliphatic heterocycles. The quantitative estimate of drug-likeness (QED) is 0.871. The molecule has 0 unspecified atom stereocenters. The maximum absolute atomic E-state index is 13.7. The standard InChI is InChI=1S/C14H12F2N2O2S/c15-9-1-2-11(16)10(7-9)12-8-21-13(17-12)3-4-18-5-6-20-14(18)19/h1-2,7-8H,3-6H2. The Morgan fingerprint density at radius 3 is 3.00 bits per heavy atom. The molecule has 0 bridgehead atoms. The van der Waals surface area contributed by atoms with Gasteiger partial charge in [0.15, 0.2) is 0 Å². The molecule has 110 valence electrons. The lowest BCUT2D eigenvalue weighted by Crippen LogP contribution is -2.26. The monoisotopic (exact) mass is 310 g/mol. The summed E-state index contributed by atoms with van der Waals surface area (Å²) in [5, 5.41) is 2.46. The molecule has 1 aliphatic rings. The first-order valence-corrected chi connectivity index (χ1v) is 7.33. The lowest BCUT2D eigenvalue weighted by molar-refractivity contribution is 0.159. The van der Waals surface area contributed by atoms with Crippen molar-refractivity contribution in [1.29, 1.82) is 0 Å². The van der Waals surface area contributed by atoms with Crippen LogP contribution in [0, 0.1) is 11.6 Å². The maximum Gasteiger partial charge on any atom is 0.409 e. The second-order valence-electron chi connectivity index (χ2n) is 4.60. The number of rotatable bonds is 4. The summed E-state index contributed by atoms with van der Waals surface area (Å²) < 4.78 is 31.7. The van der Waals surface area contributed by atoms with Gasteiger partial charge in [-0.05, 0) is 18.2 Å². The summed E-state index contributed by atoms with van der Waals surface area (Å²) >= 11 is 1.36. The molecule has 4 nitrogen and oxygen atoms in total. The third-order valence-corrected chi connectivity index (χ3v) is 4.11. The zero-order chi connectivity index (χ0) is 14.8. The predicted molar refractivity (Wildman–Crippen MR) is 74.1 cm³/mol. The molecule has 21 heavy (non-hydrogen) atoms. The van der Waals surface area contributed by atoms with E-state index in [2.05, 4.69) is 4.98 Å². The highest BCUT2D eigenvalue weighted by Gasteiger charge is 2.21. The molecule has 0 N–H and O–H groups in total. The van der Waals surface area contributed by atoms with E-state index in [1.54, 1.807) is 10.3 Å². The number of hydrogen-bond acceptors (Lipinski definition) is 4. The Morgan fingerprint density at radius 1 is 1.38 bits per heavy atom. The average Bonchev–Trinajstić information content (AvgIpc) is 3.08. The molecule has 1 fully saturated rings. The van der Waals surface area contributed by atoms with Gasteiger partial charge in [-0.1, -0.05) is 0 Å². The minimum absolute atomic E-state index is 0.151. The minimum Gasteiger partial charge on any atom is -0.448 e. The number of hydrogen-bond donors (Lipinski definition) is 0. The van der Waals surface area contributed by atoms with Crippen LogP contribution in [0.5, 0.6) is 0 Å². The van der Waals surface area contributed by atoms with E-state index in [1.807, 2.05) is 0 Å². The zero-order valence-electron chi connectivity index (χ0n) is 11.0. The van der Waals surface area contributed by atoms with Gasteiger partial charge in [0.25, 0.3) is 0 Å². The summed E-state index contributed by atoms with van der Waals surface area (Å²) in [5.74, 6) is -1.00. The molecule has 1 aromatic carbocycles. The van der Waals surface area contributed by atoms with Gasteiger partial charge < -0.3 is 9.64 Å². The van der Waals surface area contributed by atoms with Gasteiger partial charge in [-0.25, -0.2) is 18.6 Å². The second kappa shape index (κ2) is 5.77. The van der Waals surface area contributed by atoms with Crippen LogP contribution in [0.4, 0.5) is 13.6 Å². The number of carbonyl (C=O) groups excluding carboxylic acids is 1. The van der Waals surface area contributed by atoms with Gasteiger partial charge in [-0.2, -0.15) is 0 Å². The Kier molecular flexibility index (Phi) is 3.83. The van der Waals surface area contributed by atoms with Gasteiger partial charge in [0.1, 0.15) is 18.2 Å². The van der Waals surface area contributed by atoms with Gasteiger partial charge >= 0.3 is 6.09 Å². The molecule has 2 heterocycles. The van der Waals surface area contributed by atoms with E-state index >= 15 is 0 Å². The van der Waals surface area contributed by atoms with E-state index in [0.29, 0.717) is 31.8 Å². The second-order valence-corrected chi connectivity index (χ2v) is 5.54. The van der Waals surface area contributed by atoms with Crippen molar-refractivity contribution in [1.82, 2.24) is 9.88 Å². The largest absolute Gasteiger partial charge is 0.448 e. The maximum atomic E-state index is 13.7. The molecule has 0 atom stereocenters. The predicted octanol–water partition coefficient (Wildman–Crippen LogP) is 3.08. The van der Waals surface area contributed by atoms with Crippen LogP contribution >= 0.6 is 11.3 Å².